The minimum atomic E-state index is -0.879. The number of benzene rings is 2. The van der Waals surface area contributed by atoms with Crippen molar-refractivity contribution in [3.05, 3.63) is 104 Å². The molecule has 1 unspecified atom stereocenters. The summed E-state index contributed by atoms with van der Waals surface area (Å²) in [5, 5.41) is 0.258. The molecule has 9 heteroatoms. The Balaban J connectivity index is 1.71. The summed E-state index contributed by atoms with van der Waals surface area (Å²) in [6, 6.07) is 10.3. The van der Waals surface area contributed by atoms with E-state index in [0.717, 1.165) is 23.0 Å². The molecule has 4 aromatic rings. The van der Waals surface area contributed by atoms with Crippen molar-refractivity contribution in [3.63, 3.8) is 0 Å². The Kier molecular flexibility index (Phi) is 6.25. The van der Waals surface area contributed by atoms with Crippen LogP contribution in [0, 0.1) is 12.7 Å². The highest BCUT2D eigenvalue weighted by atomic mass is 32.1. The molecule has 0 saturated carbocycles. The second kappa shape index (κ2) is 9.40. The predicted molar refractivity (Wildman–Crippen MR) is 139 cm³/mol. The van der Waals surface area contributed by atoms with Crippen LogP contribution in [0.2, 0.25) is 0 Å². The van der Waals surface area contributed by atoms with Crippen LogP contribution in [0.4, 0.5) is 9.52 Å². The van der Waals surface area contributed by atoms with Crippen LogP contribution in [0.5, 0.6) is 0 Å². The molecule has 2 aromatic heterocycles. The first-order valence-electron chi connectivity index (χ1n) is 11.7. The summed E-state index contributed by atoms with van der Waals surface area (Å²) in [4.78, 5) is 46.0. The molecule has 0 radical (unpaired) electrons. The minimum Gasteiger partial charge on any atom is -0.457 e. The molecule has 37 heavy (non-hydrogen) atoms. The first-order valence-corrected chi connectivity index (χ1v) is 12.5. The van der Waals surface area contributed by atoms with E-state index in [4.69, 9.17) is 9.15 Å². The predicted octanol–water partition coefficient (Wildman–Crippen LogP) is 5.91. The number of hydrogen-bond acceptors (Lipinski definition) is 7. The lowest BCUT2D eigenvalue weighted by molar-refractivity contribution is 0.0554. The van der Waals surface area contributed by atoms with E-state index in [1.54, 1.807) is 6.92 Å². The van der Waals surface area contributed by atoms with Gasteiger partial charge >= 0.3 is 5.97 Å². The van der Waals surface area contributed by atoms with Gasteiger partial charge in [0.1, 0.15) is 22.9 Å². The van der Waals surface area contributed by atoms with Gasteiger partial charge in [-0.3, -0.25) is 14.5 Å². The smallest absolute Gasteiger partial charge is 0.350 e. The molecule has 1 aliphatic heterocycles. The highest BCUT2D eigenvalue weighted by molar-refractivity contribution is 7.17. The molecule has 0 fully saturated rings. The summed E-state index contributed by atoms with van der Waals surface area (Å²) in [5.41, 5.74) is 1.84. The number of esters is 1. The van der Waals surface area contributed by atoms with Crippen LogP contribution in [0.15, 0.2) is 64.3 Å². The first-order chi connectivity index (χ1) is 17.7. The van der Waals surface area contributed by atoms with Gasteiger partial charge < -0.3 is 9.15 Å². The maximum Gasteiger partial charge on any atom is 0.350 e. The number of carbonyl (C=O) groups is 2. The van der Waals surface area contributed by atoms with Crippen LogP contribution < -0.4 is 10.3 Å². The number of anilines is 1. The highest BCUT2D eigenvalue weighted by Gasteiger charge is 2.45. The molecule has 0 spiro atoms. The zero-order valence-corrected chi connectivity index (χ0v) is 21.2. The lowest BCUT2D eigenvalue weighted by atomic mass is 9.95. The fourth-order valence-corrected chi connectivity index (χ4v) is 5.38. The third kappa shape index (κ3) is 4.15. The van der Waals surface area contributed by atoms with Crippen molar-refractivity contribution in [3.8, 4) is 0 Å². The van der Waals surface area contributed by atoms with Gasteiger partial charge in [0.2, 0.25) is 5.76 Å². The largest absolute Gasteiger partial charge is 0.457 e. The van der Waals surface area contributed by atoms with Crippen LogP contribution in [-0.4, -0.2) is 23.5 Å². The Hall–Kier alpha value is -4.11. The van der Waals surface area contributed by atoms with E-state index in [1.807, 2.05) is 24.3 Å². The summed E-state index contributed by atoms with van der Waals surface area (Å²) in [6.45, 7) is 9.35. The molecule has 0 saturated heterocycles. The maximum atomic E-state index is 14.0. The molecule has 188 valence electrons. The van der Waals surface area contributed by atoms with E-state index in [2.05, 4.69) is 25.4 Å². The monoisotopic (exact) mass is 518 g/mol. The van der Waals surface area contributed by atoms with Gasteiger partial charge in [0.25, 0.3) is 5.91 Å². The van der Waals surface area contributed by atoms with Crippen LogP contribution in [0.1, 0.15) is 68.4 Å². The van der Waals surface area contributed by atoms with Gasteiger partial charge in [0.15, 0.2) is 10.6 Å². The lowest BCUT2D eigenvalue weighted by Gasteiger charge is -2.23. The Morgan fingerprint density at radius 2 is 1.97 bits per heavy atom. The van der Waals surface area contributed by atoms with Crippen molar-refractivity contribution in [2.45, 2.75) is 32.7 Å². The second-order valence-electron chi connectivity index (χ2n) is 9.01. The molecule has 0 bridgehead atoms. The normalized spacial score (nSPS) is 14.9. The summed E-state index contributed by atoms with van der Waals surface area (Å²) < 4.78 is 25.1. The zero-order valence-electron chi connectivity index (χ0n) is 20.4. The number of carbonyl (C=O) groups excluding carboxylic acids is 2. The number of halogens is 1. The van der Waals surface area contributed by atoms with Gasteiger partial charge in [0, 0.05) is 0 Å². The number of nitrogens with zero attached hydrogens (tertiary/aromatic N) is 2. The molecule has 1 atom stereocenters. The standard InChI is InChI=1S/C28H23FN2O5S/c1-5-12-35-27(34)25-15(4)30-28(37-25)31-22(17-8-6-16(7-9-17)14(2)3)21-23(32)19-13-18(29)10-11-20(19)36-24(21)26(31)33/h5-11,13-14,22H,1,12H2,2-4H3. The molecule has 5 rings (SSSR count). The number of rotatable bonds is 6. The number of fused-ring (bicyclic) bond motifs is 2. The molecule has 0 N–H and O–H groups in total. The third-order valence-corrected chi connectivity index (χ3v) is 7.40. The van der Waals surface area contributed by atoms with Crippen molar-refractivity contribution >= 4 is 39.3 Å². The molecule has 1 aliphatic rings. The molecule has 2 aromatic carbocycles. The van der Waals surface area contributed by atoms with E-state index in [1.165, 1.54) is 23.1 Å². The summed E-state index contributed by atoms with van der Waals surface area (Å²) in [7, 11) is 0. The van der Waals surface area contributed by atoms with E-state index < -0.39 is 29.2 Å². The fourth-order valence-electron chi connectivity index (χ4n) is 4.40. The molecule has 0 aliphatic carbocycles. The number of thiazole rings is 1. The van der Waals surface area contributed by atoms with Crippen molar-refractivity contribution in [1.29, 1.82) is 0 Å². The molecule has 1 amide bonds. The first kappa shape index (κ1) is 24.6. The highest BCUT2D eigenvalue weighted by Crippen LogP contribution is 2.43. The summed E-state index contributed by atoms with van der Waals surface area (Å²) >= 11 is 0.990. The Bertz CT molecular complexity index is 1620. The van der Waals surface area contributed by atoms with Gasteiger partial charge in [-0.2, -0.15) is 0 Å². The minimum absolute atomic E-state index is 0.0337. The number of aryl methyl sites for hydroxylation is 1. The molecule has 3 heterocycles. The van der Waals surface area contributed by atoms with Crippen LogP contribution in [0.25, 0.3) is 11.0 Å². The quantitative estimate of drug-likeness (QED) is 0.233. The van der Waals surface area contributed by atoms with E-state index in [-0.39, 0.29) is 44.8 Å². The number of ether oxygens (including phenoxy) is 1. The molecular weight excluding hydrogens is 495 g/mol. The Morgan fingerprint density at radius 3 is 2.65 bits per heavy atom. The average molecular weight is 519 g/mol. The lowest BCUT2D eigenvalue weighted by Crippen LogP contribution is -2.29. The average Bonchev–Trinajstić information content (AvgIpc) is 3.40. The van der Waals surface area contributed by atoms with Crippen molar-refractivity contribution in [1.82, 2.24) is 4.98 Å². The van der Waals surface area contributed by atoms with Crippen LogP contribution in [0.3, 0.4) is 0 Å². The van der Waals surface area contributed by atoms with E-state index >= 15 is 0 Å². The Morgan fingerprint density at radius 1 is 1.24 bits per heavy atom. The fraction of sp³-hybridized carbons (Fsp3) is 0.214. The van der Waals surface area contributed by atoms with Crippen molar-refractivity contribution < 1.29 is 23.1 Å². The van der Waals surface area contributed by atoms with Crippen LogP contribution in [-0.2, 0) is 4.74 Å². The van der Waals surface area contributed by atoms with Crippen molar-refractivity contribution in [2.75, 3.05) is 11.5 Å². The maximum absolute atomic E-state index is 14.0. The Labute approximate surface area is 215 Å². The zero-order chi connectivity index (χ0) is 26.4. The SMILES string of the molecule is C=CCOC(=O)c1sc(N2C(=O)c3oc4ccc(F)cc4c(=O)c3C2c2ccc(C(C)C)cc2)nc1C. The molecular formula is C28H23FN2O5S. The summed E-state index contributed by atoms with van der Waals surface area (Å²) in [6.07, 6.45) is 1.46. The second-order valence-corrected chi connectivity index (χ2v) is 9.99. The topological polar surface area (TPSA) is 89.7 Å². The van der Waals surface area contributed by atoms with Crippen LogP contribution >= 0.6 is 11.3 Å². The molecule has 7 nitrogen and oxygen atoms in total. The number of hydrogen-bond donors (Lipinski definition) is 0. The van der Waals surface area contributed by atoms with Gasteiger partial charge in [-0.25, -0.2) is 14.2 Å². The number of amides is 1. The number of aromatic nitrogens is 1. The van der Waals surface area contributed by atoms with Gasteiger partial charge in [-0.05, 0) is 42.2 Å². The third-order valence-electron chi connectivity index (χ3n) is 6.26. The van der Waals surface area contributed by atoms with Crippen molar-refractivity contribution in [2.24, 2.45) is 0 Å². The summed E-state index contributed by atoms with van der Waals surface area (Å²) in [5.74, 6) is -1.59. The van der Waals surface area contributed by atoms with E-state index in [0.29, 0.717) is 11.3 Å². The van der Waals surface area contributed by atoms with Gasteiger partial charge in [-0.1, -0.05) is 62.1 Å². The van der Waals surface area contributed by atoms with E-state index in [9.17, 15) is 18.8 Å². The van der Waals surface area contributed by atoms with Gasteiger partial charge in [-0.15, -0.1) is 0 Å². The van der Waals surface area contributed by atoms with Gasteiger partial charge in [0.05, 0.1) is 22.7 Å².